The van der Waals surface area contributed by atoms with E-state index in [9.17, 15) is 27.7 Å². The second kappa shape index (κ2) is 5.92. The summed E-state index contributed by atoms with van der Waals surface area (Å²) < 4.78 is 43.3. The highest BCUT2D eigenvalue weighted by Gasteiger charge is 2.24. The molecule has 0 saturated heterocycles. The Hall–Kier alpha value is -2.07. The second-order valence-electron chi connectivity index (χ2n) is 3.73. The number of nitro groups is 1. The summed E-state index contributed by atoms with van der Waals surface area (Å²) in [4.78, 5) is 20.0. The molecule has 0 heterocycles. The van der Waals surface area contributed by atoms with Crippen LogP contribution in [-0.4, -0.2) is 33.0 Å². The summed E-state index contributed by atoms with van der Waals surface area (Å²) in [5.74, 6) is -1.97. The Labute approximate surface area is 113 Å². The fourth-order valence-corrected chi connectivity index (χ4v) is 2.59. The lowest BCUT2D eigenvalue weighted by molar-refractivity contribution is -0.387. The number of esters is 1. The topological polar surface area (TPSA) is 116 Å². The zero-order chi connectivity index (χ0) is 15.5. The highest BCUT2D eigenvalue weighted by atomic mass is 32.2. The van der Waals surface area contributed by atoms with Gasteiger partial charge in [-0.15, -0.1) is 0 Å². The van der Waals surface area contributed by atoms with Crippen molar-refractivity contribution in [2.45, 2.75) is 11.8 Å². The largest absolute Gasteiger partial charge is 0.468 e. The molecular formula is C10H11FN2O6S. The second-order valence-corrected chi connectivity index (χ2v) is 5.46. The van der Waals surface area contributed by atoms with Crippen LogP contribution in [-0.2, 0) is 19.6 Å². The van der Waals surface area contributed by atoms with Crippen LogP contribution in [0.2, 0.25) is 0 Å². The number of sulfonamides is 1. The first-order valence-corrected chi connectivity index (χ1v) is 6.68. The molecule has 0 aliphatic rings. The number of methoxy groups -OCH3 is 1. The van der Waals surface area contributed by atoms with E-state index in [1.54, 1.807) is 0 Å². The molecule has 0 radical (unpaired) electrons. The Morgan fingerprint density at radius 3 is 2.60 bits per heavy atom. The molecule has 0 aliphatic heterocycles. The molecule has 1 aromatic rings. The van der Waals surface area contributed by atoms with Crippen LogP contribution in [0.5, 0.6) is 0 Å². The third-order valence-electron chi connectivity index (χ3n) is 2.36. The summed E-state index contributed by atoms with van der Waals surface area (Å²) in [5, 5.41) is 10.6. The van der Waals surface area contributed by atoms with E-state index in [2.05, 4.69) is 4.74 Å². The fourth-order valence-electron chi connectivity index (χ4n) is 1.38. The molecule has 0 atom stereocenters. The molecule has 0 aliphatic carbocycles. The molecule has 0 unspecified atom stereocenters. The number of nitrogens with one attached hydrogen (secondary N) is 1. The van der Waals surface area contributed by atoms with Crippen molar-refractivity contribution in [3.8, 4) is 0 Å². The van der Waals surface area contributed by atoms with Crippen LogP contribution in [0, 0.1) is 22.9 Å². The Kier molecular flexibility index (Phi) is 4.73. The smallest absolute Gasteiger partial charge is 0.320 e. The van der Waals surface area contributed by atoms with Gasteiger partial charge in [0.25, 0.3) is 0 Å². The molecule has 0 bridgehead atoms. The van der Waals surface area contributed by atoms with Gasteiger partial charge in [-0.3, -0.25) is 14.9 Å². The van der Waals surface area contributed by atoms with E-state index < -0.39 is 43.9 Å². The highest BCUT2D eigenvalue weighted by Crippen LogP contribution is 2.25. The molecule has 1 aromatic carbocycles. The van der Waals surface area contributed by atoms with Crippen molar-refractivity contribution in [3.05, 3.63) is 33.6 Å². The number of hydrogen-bond donors (Lipinski definition) is 1. The summed E-state index contributed by atoms with van der Waals surface area (Å²) in [6.45, 7) is 0.642. The number of ether oxygens (including phenoxy) is 1. The van der Waals surface area contributed by atoms with Crippen molar-refractivity contribution in [2.24, 2.45) is 0 Å². The van der Waals surface area contributed by atoms with Crippen LogP contribution in [0.1, 0.15) is 5.56 Å². The molecule has 10 heteroatoms. The van der Waals surface area contributed by atoms with Gasteiger partial charge in [-0.1, -0.05) is 0 Å². The highest BCUT2D eigenvalue weighted by molar-refractivity contribution is 7.89. The van der Waals surface area contributed by atoms with Gasteiger partial charge in [0.05, 0.1) is 16.9 Å². The number of benzene rings is 1. The number of carbonyl (C=O) groups excluding carboxylic acids is 1. The van der Waals surface area contributed by atoms with Crippen molar-refractivity contribution in [2.75, 3.05) is 13.7 Å². The lowest BCUT2D eigenvalue weighted by Crippen LogP contribution is -2.30. The first-order chi connectivity index (χ1) is 9.19. The standard InChI is InChI=1S/C10H11FN2O6S/c1-6-3-7(11)8(13(15)16)4-9(6)20(17,18)12-5-10(14)19-2/h3-4,12H,5H2,1-2H3. The molecule has 110 valence electrons. The summed E-state index contributed by atoms with van der Waals surface area (Å²) >= 11 is 0. The van der Waals surface area contributed by atoms with E-state index in [0.717, 1.165) is 13.2 Å². The summed E-state index contributed by atoms with van der Waals surface area (Å²) in [7, 11) is -3.12. The number of halogens is 1. The van der Waals surface area contributed by atoms with Gasteiger partial charge in [0.2, 0.25) is 15.8 Å². The Balaban J connectivity index is 3.21. The number of aryl methyl sites for hydroxylation is 1. The van der Waals surface area contributed by atoms with Gasteiger partial charge in [-0.05, 0) is 18.6 Å². The van der Waals surface area contributed by atoms with E-state index in [4.69, 9.17) is 0 Å². The lowest BCUT2D eigenvalue weighted by Gasteiger charge is -2.08. The SMILES string of the molecule is COC(=O)CNS(=O)(=O)c1cc([N+](=O)[O-])c(F)cc1C. The third-order valence-corrected chi connectivity index (χ3v) is 3.91. The van der Waals surface area contributed by atoms with Gasteiger partial charge < -0.3 is 4.74 Å². The molecule has 0 saturated carbocycles. The zero-order valence-electron chi connectivity index (χ0n) is 10.5. The van der Waals surface area contributed by atoms with E-state index in [1.807, 2.05) is 4.72 Å². The minimum Gasteiger partial charge on any atom is -0.468 e. The molecule has 1 rings (SSSR count). The Morgan fingerprint density at radius 2 is 2.10 bits per heavy atom. The molecular weight excluding hydrogens is 295 g/mol. The maximum absolute atomic E-state index is 13.3. The van der Waals surface area contributed by atoms with Crippen LogP contribution in [0.4, 0.5) is 10.1 Å². The van der Waals surface area contributed by atoms with Gasteiger partial charge in [0.1, 0.15) is 6.54 Å². The van der Waals surface area contributed by atoms with Crippen molar-refractivity contribution < 1.29 is 27.3 Å². The number of rotatable bonds is 5. The average molecular weight is 306 g/mol. The predicted octanol–water partition coefficient (Wildman–Crippen LogP) is 0.494. The maximum Gasteiger partial charge on any atom is 0.320 e. The lowest BCUT2D eigenvalue weighted by atomic mass is 10.2. The molecule has 20 heavy (non-hydrogen) atoms. The van der Waals surface area contributed by atoms with E-state index in [0.29, 0.717) is 6.07 Å². The van der Waals surface area contributed by atoms with Crippen molar-refractivity contribution in [1.29, 1.82) is 0 Å². The number of nitro benzene ring substituents is 1. The third kappa shape index (κ3) is 3.48. The molecule has 0 aromatic heterocycles. The summed E-state index contributed by atoms with van der Waals surface area (Å²) in [6.07, 6.45) is 0. The van der Waals surface area contributed by atoms with E-state index >= 15 is 0 Å². The number of nitrogens with zero attached hydrogens (tertiary/aromatic N) is 1. The van der Waals surface area contributed by atoms with Crippen molar-refractivity contribution >= 4 is 21.7 Å². The molecule has 0 spiro atoms. The van der Waals surface area contributed by atoms with Gasteiger partial charge in [-0.25, -0.2) is 8.42 Å². The first kappa shape index (κ1) is 16.0. The fraction of sp³-hybridized carbons (Fsp3) is 0.300. The number of carbonyl (C=O) groups is 1. The van der Waals surface area contributed by atoms with Gasteiger partial charge in [0, 0.05) is 6.07 Å². The normalized spacial score (nSPS) is 11.2. The Morgan fingerprint density at radius 1 is 1.50 bits per heavy atom. The van der Waals surface area contributed by atoms with Gasteiger partial charge in [-0.2, -0.15) is 9.11 Å². The zero-order valence-corrected chi connectivity index (χ0v) is 11.4. The van der Waals surface area contributed by atoms with Crippen LogP contribution < -0.4 is 4.72 Å². The quantitative estimate of drug-likeness (QED) is 0.481. The van der Waals surface area contributed by atoms with Crippen molar-refractivity contribution in [1.82, 2.24) is 4.72 Å². The Bertz CT molecular complexity index is 658. The molecule has 0 amide bonds. The number of hydrogen-bond acceptors (Lipinski definition) is 6. The minimum absolute atomic E-state index is 0.0227. The van der Waals surface area contributed by atoms with E-state index in [-0.39, 0.29) is 5.56 Å². The first-order valence-electron chi connectivity index (χ1n) is 5.20. The van der Waals surface area contributed by atoms with Crippen LogP contribution >= 0.6 is 0 Å². The monoisotopic (exact) mass is 306 g/mol. The average Bonchev–Trinajstić information content (AvgIpc) is 2.35. The molecule has 8 nitrogen and oxygen atoms in total. The van der Waals surface area contributed by atoms with Crippen molar-refractivity contribution in [3.63, 3.8) is 0 Å². The maximum atomic E-state index is 13.3. The van der Waals surface area contributed by atoms with Gasteiger partial charge in [0.15, 0.2) is 0 Å². The van der Waals surface area contributed by atoms with Gasteiger partial charge >= 0.3 is 11.7 Å². The summed E-state index contributed by atoms with van der Waals surface area (Å²) in [6, 6.07) is 1.34. The predicted molar refractivity (Wildman–Crippen MR) is 65.0 cm³/mol. The van der Waals surface area contributed by atoms with E-state index in [1.165, 1.54) is 6.92 Å². The van der Waals surface area contributed by atoms with Crippen LogP contribution in [0.15, 0.2) is 17.0 Å². The van der Waals surface area contributed by atoms with Crippen LogP contribution in [0.25, 0.3) is 0 Å². The molecule has 0 fully saturated rings. The summed E-state index contributed by atoms with van der Waals surface area (Å²) in [5.41, 5.74) is -0.987. The minimum atomic E-state index is -4.19. The molecule has 1 N–H and O–H groups in total. The van der Waals surface area contributed by atoms with Crippen LogP contribution in [0.3, 0.4) is 0 Å².